The molecule has 3 heterocycles. The summed E-state index contributed by atoms with van der Waals surface area (Å²) in [5.74, 6) is -0.376. The molecule has 6 nitrogen and oxygen atoms in total. The summed E-state index contributed by atoms with van der Waals surface area (Å²) in [6, 6.07) is 5.25. The Morgan fingerprint density at radius 2 is 2.21 bits per heavy atom. The van der Waals surface area contributed by atoms with Crippen LogP contribution in [0.3, 0.4) is 0 Å². The molecule has 0 atom stereocenters. The molecule has 6 heteroatoms. The van der Waals surface area contributed by atoms with Gasteiger partial charge in [0.15, 0.2) is 5.65 Å². The molecule has 3 aromatic heterocycles. The number of carboxylic acid groups (broad SMARTS) is 1. The van der Waals surface area contributed by atoms with E-state index in [9.17, 15) is 4.79 Å². The molecule has 0 aliphatic carbocycles. The lowest BCUT2D eigenvalue weighted by Crippen LogP contribution is -1.96. The van der Waals surface area contributed by atoms with E-state index in [0.29, 0.717) is 17.0 Å². The van der Waals surface area contributed by atoms with Crippen LogP contribution in [-0.2, 0) is 0 Å². The zero-order valence-corrected chi connectivity index (χ0v) is 10.1. The van der Waals surface area contributed by atoms with Gasteiger partial charge in [-0.2, -0.15) is 0 Å². The van der Waals surface area contributed by atoms with Crippen molar-refractivity contribution in [1.82, 2.24) is 19.9 Å². The number of imidazole rings is 1. The van der Waals surface area contributed by atoms with Gasteiger partial charge >= 0.3 is 5.97 Å². The first-order valence-corrected chi connectivity index (χ1v) is 5.66. The van der Waals surface area contributed by atoms with E-state index in [4.69, 9.17) is 5.11 Å². The molecule has 0 aliphatic heterocycles. The van der Waals surface area contributed by atoms with Gasteiger partial charge in [0.25, 0.3) is 0 Å². The number of pyridine rings is 2. The highest BCUT2D eigenvalue weighted by atomic mass is 16.4. The molecular weight excluding hydrogens is 244 g/mol. The molecule has 0 fully saturated rings. The van der Waals surface area contributed by atoms with Crippen LogP contribution in [0.2, 0.25) is 0 Å². The van der Waals surface area contributed by atoms with Gasteiger partial charge in [-0.05, 0) is 25.1 Å². The molecule has 3 rings (SSSR count). The SMILES string of the molecule is Cc1ncccc1-c1nc2ncc(C(=O)O)cc2[nH]1. The molecule has 2 N–H and O–H groups in total. The first-order chi connectivity index (χ1) is 9.15. The van der Waals surface area contributed by atoms with Gasteiger partial charge in [-0.1, -0.05) is 0 Å². The van der Waals surface area contributed by atoms with Crippen molar-refractivity contribution in [1.29, 1.82) is 0 Å². The molecule has 19 heavy (non-hydrogen) atoms. The van der Waals surface area contributed by atoms with E-state index < -0.39 is 5.97 Å². The number of aromatic carboxylic acids is 1. The lowest BCUT2D eigenvalue weighted by atomic mass is 10.2. The average Bonchev–Trinajstić information content (AvgIpc) is 2.81. The maximum Gasteiger partial charge on any atom is 0.337 e. The highest BCUT2D eigenvalue weighted by molar-refractivity contribution is 5.91. The largest absolute Gasteiger partial charge is 0.478 e. The van der Waals surface area contributed by atoms with E-state index in [-0.39, 0.29) is 5.56 Å². The van der Waals surface area contributed by atoms with Gasteiger partial charge in [-0.3, -0.25) is 4.98 Å². The minimum Gasteiger partial charge on any atom is -0.478 e. The minimum atomic E-state index is -1.01. The van der Waals surface area contributed by atoms with Gasteiger partial charge in [0.2, 0.25) is 0 Å². The summed E-state index contributed by atoms with van der Waals surface area (Å²) < 4.78 is 0. The third-order valence-corrected chi connectivity index (χ3v) is 2.85. The lowest BCUT2D eigenvalue weighted by Gasteiger charge is -1.99. The Morgan fingerprint density at radius 1 is 1.37 bits per heavy atom. The van der Waals surface area contributed by atoms with Crippen LogP contribution in [0.15, 0.2) is 30.6 Å². The summed E-state index contributed by atoms with van der Waals surface area (Å²) in [4.78, 5) is 26.5. The Labute approximate surface area is 108 Å². The Kier molecular flexibility index (Phi) is 2.49. The fourth-order valence-electron chi connectivity index (χ4n) is 1.88. The fraction of sp³-hybridized carbons (Fsp3) is 0.0769. The Hall–Kier alpha value is -2.76. The van der Waals surface area contributed by atoms with Crippen molar-refractivity contribution >= 4 is 17.1 Å². The monoisotopic (exact) mass is 254 g/mol. The number of hydrogen-bond donors (Lipinski definition) is 2. The number of nitrogens with zero attached hydrogens (tertiary/aromatic N) is 3. The van der Waals surface area contributed by atoms with Gasteiger partial charge in [-0.15, -0.1) is 0 Å². The summed E-state index contributed by atoms with van der Waals surface area (Å²) in [6.07, 6.45) is 3.01. The molecule has 0 saturated carbocycles. The summed E-state index contributed by atoms with van der Waals surface area (Å²) >= 11 is 0. The smallest absolute Gasteiger partial charge is 0.337 e. The molecule has 0 unspecified atom stereocenters. The number of aromatic amines is 1. The zero-order chi connectivity index (χ0) is 13.4. The molecule has 0 radical (unpaired) electrons. The van der Waals surface area contributed by atoms with Crippen molar-refractivity contribution in [3.63, 3.8) is 0 Å². The van der Waals surface area contributed by atoms with E-state index in [1.807, 2.05) is 19.1 Å². The second-order valence-electron chi connectivity index (χ2n) is 4.12. The fourth-order valence-corrected chi connectivity index (χ4v) is 1.88. The van der Waals surface area contributed by atoms with Gasteiger partial charge in [-0.25, -0.2) is 14.8 Å². The molecular formula is C13H10N4O2. The predicted molar refractivity (Wildman–Crippen MR) is 68.8 cm³/mol. The number of carboxylic acids is 1. The number of nitrogens with one attached hydrogen (secondary N) is 1. The van der Waals surface area contributed by atoms with Crippen molar-refractivity contribution in [2.75, 3.05) is 0 Å². The van der Waals surface area contributed by atoms with Crippen molar-refractivity contribution in [2.45, 2.75) is 6.92 Å². The third-order valence-electron chi connectivity index (χ3n) is 2.85. The molecule has 0 amide bonds. The maximum absolute atomic E-state index is 10.9. The van der Waals surface area contributed by atoms with E-state index >= 15 is 0 Å². The topological polar surface area (TPSA) is 91.8 Å². The predicted octanol–water partition coefficient (Wildman–Crippen LogP) is 2.03. The van der Waals surface area contributed by atoms with Gasteiger partial charge in [0, 0.05) is 23.7 Å². The third kappa shape index (κ3) is 1.93. The summed E-state index contributed by atoms with van der Waals surface area (Å²) in [6.45, 7) is 1.89. The summed E-state index contributed by atoms with van der Waals surface area (Å²) in [5, 5.41) is 8.93. The van der Waals surface area contributed by atoms with E-state index in [1.165, 1.54) is 12.3 Å². The minimum absolute atomic E-state index is 0.130. The van der Waals surface area contributed by atoms with Gasteiger partial charge in [0.05, 0.1) is 11.1 Å². The van der Waals surface area contributed by atoms with Crippen LogP contribution in [0, 0.1) is 6.92 Å². The van der Waals surface area contributed by atoms with Gasteiger partial charge < -0.3 is 10.1 Å². The van der Waals surface area contributed by atoms with Crippen LogP contribution >= 0.6 is 0 Å². The first kappa shape index (κ1) is 11.3. The quantitative estimate of drug-likeness (QED) is 0.730. The van der Waals surface area contributed by atoms with Crippen molar-refractivity contribution in [3.05, 3.63) is 41.9 Å². The van der Waals surface area contributed by atoms with Crippen molar-refractivity contribution in [3.8, 4) is 11.4 Å². The summed E-state index contributed by atoms with van der Waals surface area (Å²) in [5.41, 5.74) is 2.93. The molecule has 0 aliphatic rings. The molecule has 0 saturated heterocycles. The van der Waals surface area contributed by atoms with Crippen LogP contribution in [-0.4, -0.2) is 31.0 Å². The van der Waals surface area contributed by atoms with E-state index in [0.717, 1.165) is 11.3 Å². The highest BCUT2D eigenvalue weighted by Crippen LogP contribution is 2.21. The van der Waals surface area contributed by atoms with E-state index in [2.05, 4.69) is 19.9 Å². The van der Waals surface area contributed by atoms with E-state index in [1.54, 1.807) is 6.20 Å². The normalized spacial score (nSPS) is 10.8. The Morgan fingerprint density at radius 3 is 2.95 bits per heavy atom. The maximum atomic E-state index is 10.9. The molecule has 0 spiro atoms. The van der Waals surface area contributed by atoms with Crippen LogP contribution in [0.25, 0.3) is 22.6 Å². The average molecular weight is 254 g/mol. The number of fused-ring (bicyclic) bond motifs is 1. The second kappa shape index (κ2) is 4.16. The number of rotatable bonds is 2. The first-order valence-electron chi connectivity index (χ1n) is 5.66. The number of carbonyl (C=O) groups is 1. The molecule has 0 aromatic carbocycles. The van der Waals surface area contributed by atoms with Crippen LogP contribution in [0.4, 0.5) is 0 Å². The number of hydrogen-bond acceptors (Lipinski definition) is 4. The van der Waals surface area contributed by atoms with Crippen LogP contribution < -0.4 is 0 Å². The standard InChI is InChI=1S/C13H10N4O2/c1-7-9(3-2-4-14-7)11-16-10-5-8(13(18)19)6-15-12(10)17-11/h2-6H,1H3,(H,18,19)(H,15,16,17). The van der Waals surface area contributed by atoms with Crippen molar-refractivity contribution < 1.29 is 9.90 Å². The number of H-pyrrole nitrogens is 1. The lowest BCUT2D eigenvalue weighted by molar-refractivity contribution is 0.0696. The van der Waals surface area contributed by atoms with Crippen LogP contribution in [0.1, 0.15) is 16.1 Å². The Bertz CT molecular complexity index is 779. The summed E-state index contributed by atoms with van der Waals surface area (Å²) in [7, 11) is 0. The van der Waals surface area contributed by atoms with Gasteiger partial charge in [0.1, 0.15) is 5.82 Å². The molecule has 0 bridgehead atoms. The van der Waals surface area contributed by atoms with Crippen molar-refractivity contribution in [2.24, 2.45) is 0 Å². The van der Waals surface area contributed by atoms with Crippen LogP contribution in [0.5, 0.6) is 0 Å². The molecule has 94 valence electrons. The second-order valence-corrected chi connectivity index (χ2v) is 4.12. The highest BCUT2D eigenvalue weighted by Gasteiger charge is 2.11. The zero-order valence-electron chi connectivity index (χ0n) is 10.1. The number of aryl methyl sites for hydroxylation is 1. The Balaban J connectivity index is 2.17. The number of aromatic nitrogens is 4. The molecule has 3 aromatic rings.